The third-order valence-electron chi connectivity index (χ3n) is 5.73. The molecule has 0 fully saturated rings. The van der Waals surface area contributed by atoms with Crippen LogP contribution >= 0.6 is 19.0 Å². The van der Waals surface area contributed by atoms with Gasteiger partial charge in [0, 0.05) is 23.3 Å². The van der Waals surface area contributed by atoms with Crippen molar-refractivity contribution in [3.8, 4) is 5.69 Å². The molecule has 1 aliphatic rings. The molecule has 2 heterocycles. The molecule has 8 heteroatoms. The van der Waals surface area contributed by atoms with Crippen molar-refractivity contribution >= 4 is 41.7 Å². The minimum absolute atomic E-state index is 0.560. The third-order valence-corrected chi connectivity index (χ3v) is 8.87. The molecule has 0 radical (unpaired) electrons. The number of fused-ring (bicyclic) bond motifs is 1. The smallest absolute Gasteiger partial charge is 0.296 e. The Labute approximate surface area is 198 Å². The van der Waals surface area contributed by atoms with Gasteiger partial charge in [0.2, 0.25) is 0 Å². The highest BCUT2D eigenvalue weighted by Crippen LogP contribution is 2.54. The average Bonchev–Trinajstić information content (AvgIpc) is 3.17. The molecule has 1 atom stereocenters. The minimum atomic E-state index is -3.40. The Bertz CT molecular complexity index is 1420. The van der Waals surface area contributed by atoms with Crippen molar-refractivity contribution in [3.63, 3.8) is 0 Å². The summed E-state index contributed by atoms with van der Waals surface area (Å²) in [4.78, 5) is 4.97. The Hall–Kier alpha value is -3.34. The Morgan fingerprint density at radius 3 is 2.27 bits per heavy atom. The van der Waals surface area contributed by atoms with Gasteiger partial charge in [0.05, 0.1) is 11.4 Å². The highest BCUT2D eigenvalue weighted by molar-refractivity contribution is 7.72. The lowest BCUT2D eigenvalue weighted by Gasteiger charge is -2.35. The second-order valence-corrected chi connectivity index (χ2v) is 10.8. The molecular formula is C25H23ClN5OP. The van der Waals surface area contributed by atoms with Crippen LogP contribution in [0.15, 0.2) is 83.9 Å². The van der Waals surface area contributed by atoms with Gasteiger partial charge in [0.1, 0.15) is 11.1 Å². The molecule has 0 unspecified atom stereocenters. The highest BCUT2D eigenvalue weighted by Gasteiger charge is 2.43. The van der Waals surface area contributed by atoms with E-state index in [2.05, 4.69) is 5.09 Å². The summed E-state index contributed by atoms with van der Waals surface area (Å²) in [6, 6.07) is 25.1. The lowest BCUT2D eigenvalue weighted by molar-refractivity contribution is 0.553. The second-order valence-electron chi connectivity index (χ2n) is 7.98. The normalized spacial score (nSPS) is 17.5. The summed E-state index contributed by atoms with van der Waals surface area (Å²) in [5, 5.41) is 9.24. The lowest BCUT2D eigenvalue weighted by Crippen LogP contribution is -2.36. The number of benzene rings is 3. The van der Waals surface area contributed by atoms with Gasteiger partial charge in [0.15, 0.2) is 5.82 Å². The summed E-state index contributed by atoms with van der Waals surface area (Å²) in [7, 11) is -1.60. The van der Waals surface area contributed by atoms with Crippen LogP contribution in [0.2, 0.25) is 5.02 Å². The molecule has 0 amide bonds. The summed E-state index contributed by atoms with van der Waals surface area (Å²) in [5.41, 5.74) is 4.01. The number of aliphatic imine (C=N–C) groups is 1. The number of nitrogens with zero attached hydrogens (tertiary/aromatic N) is 4. The van der Waals surface area contributed by atoms with Crippen LogP contribution in [0.5, 0.6) is 0 Å². The SMILES string of the molecule is Cc1ccc(N[P@]2(=O)c3c(C)nn(-c4ccccc4)c3N=C(c3ccccc3)N2C)cc1Cl. The maximum Gasteiger partial charge on any atom is 0.296 e. The minimum Gasteiger partial charge on any atom is -0.317 e. The summed E-state index contributed by atoms with van der Waals surface area (Å²) >= 11 is 6.37. The van der Waals surface area contributed by atoms with Gasteiger partial charge < -0.3 is 5.09 Å². The third kappa shape index (κ3) is 3.65. The fourth-order valence-corrected chi connectivity index (χ4v) is 6.53. The van der Waals surface area contributed by atoms with Crippen molar-refractivity contribution in [1.82, 2.24) is 14.5 Å². The van der Waals surface area contributed by atoms with Gasteiger partial charge >= 0.3 is 0 Å². The predicted octanol–water partition coefficient (Wildman–Crippen LogP) is 6.10. The number of nitrogens with one attached hydrogen (secondary N) is 1. The maximum absolute atomic E-state index is 14.8. The molecule has 5 rings (SSSR count). The van der Waals surface area contributed by atoms with Crippen molar-refractivity contribution in [2.75, 3.05) is 12.1 Å². The van der Waals surface area contributed by atoms with E-state index < -0.39 is 7.44 Å². The van der Waals surface area contributed by atoms with Crippen LogP contribution in [-0.4, -0.2) is 27.3 Å². The first-order valence-corrected chi connectivity index (χ1v) is 12.6. The van der Waals surface area contributed by atoms with E-state index in [0.717, 1.165) is 16.8 Å². The number of hydrogen-bond donors (Lipinski definition) is 1. The molecule has 0 bridgehead atoms. The number of hydrogen-bond acceptors (Lipinski definition) is 3. The largest absolute Gasteiger partial charge is 0.317 e. The van der Waals surface area contributed by atoms with Crippen LogP contribution in [0.4, 0.5) is 11.5 Å². The monoisotopic (exact) mass is 475 g/mol. The van der Waals surface area contributed by atoms with E-state index in [1.807, 2.05) is 86.6 Å². The fourth-order valence-electron chi connectivity index (χ4n) is 3.97. The van der Waals surface area contributed by atoms with E-state index in [9.17, 15) is 4.57 Å². The van der Waals surface area contributed by atoms with Crippen LogP contribution < -0.4 is 10.4 Å². The number of para-hydroxylation sites is 1. The van der Waals surface area contributed by atoms with Crippen molar-refractivity contribution < 1.29 is 4.57 Å². The molecule has 1 aromatic heterocycles. The first kappa shape index (κ1) is 21.5. The van der Waals surface area contributed by atoms with Crippen LogP contribution in [0, 0.1) is 13.8 Å². The fraction of sp³-hybridized carbons (Fsp3) is 0.120. The molecule has 4 aromatic rings. The summed E-state index contributed by atoms with van der Waals surface area (Å²) in [5.74, 6) is 1.17. The number of aromatic nitrogens is 2. The average molecular weight is 476 g/mol. The molecule has 3 aromatic carbocycles. The van der Waals surface area contributed by atoms with Crippen molar-refractivity contribution in [1.29, 1.82) is 0 Å². The number of amidine groups is 1. The lowest BCUT2D eigenvalue weighted by atomic mass is 10.2. The van der Waals surface area contributed by atoms with Gasteiger partial charge in [-0.1, -0.05) is 66.2 Å². The predicted molar refractivity (Wildman–Crippen MR) is 136 cm³/mol. The number of aryl methyl sites for hydroxylation is 2. The van der Waals surface area contributed by atoms with E-state index in [4.69, 9.17) is 21.7 Å². The standard InChI is InChI=1S/C25H23ClN5OP/c1-17-14-15-20(16-22(17)26)29-33(32)23-18(2)28-31(21-12-8-5-9-13-21)25(23)27-24(30(33)3)19-10-6-4-7-11-19/h4-16H,1-3H3,(H,29,32)/t33-/m1/s1. The van der Waals surface area contributed by atoms with Crippen molar-refractivity contribution in [3.05, 3.63) is 101 Å². The zero-order valence-electron chi connectivity index (χ0n) is 18.5. The quantitative estimate of drug-likeness (QED) is 0.362. The molecule has 0 aliphatic carbocycles. The van der Waals surface area contributed by atoms with E-state index in [1.54, 1.807) is 22.5 Å². The molecule has 0 spiro atoms. The van der Waals surface area contributed by atoms with Gasteiger partial charge in [-0.05, 0) is 43.7 Å². The summed E-state index contributed by atoms with van der Waals surface area (Å²) < 4.78 is 18.3. The Balaban J connectivity index is 1.74. The Morgan fingerprint density at radius 1 is 0.939 bits per heavy atom. The van der Waals surface area contributed by atoms with Gasteiger partial charge in [-0.3, -0.25) is 9.24 Å². The van der Waals surface area contributed by atoms with Crippen LogP contribution in [0.1, 0.15) is 16.8 Å². The van der Waals surface area contributed by atoms with Gasteiger partial charge in [-0.2, -0.15) is 5.10 Å². The van der Waals surface area contributed by atoms with Crippen LogP contribution in [0.3, 0.4) is 0 Å². The van der Waals surface area contributed by atoms with E-state index in [0.29, 0.717) is 33.4 Å². The van der Waals surface area contributed by atoms with Gasteiger partial charge in [-0.25, -0.2) is 9.67 Å². The first-order chi connectivity index (χ1) is 15.9. The molecule has 1 aliphatic heterocycles. The molecule has 0 saturated carbocycles. The van der Waals surface area contributed by atoms with Crippen LogP contribution in [-0.2, 0) is 4.57 Å². The van der Waals surface area contributed by atoms with Gasteiger partial charge in [0.25, 0.3) is 7.44 Å². The molecule has 33 heavy (non-hydrogen) atoms. The molecule has 6 nitrogen and oxygen atoms in total. The maximum atomic E-state index is 14.8. The van der Waals surface area contributed by atoms with E-state index >= 15 is 0 Å². The summed E-state index contributed by atoms with van der Waals surface area (Å²) in [6.07, 6.45) is 0. The molecule has 166 valence electrons. The first-order valence-electron chi connectivity index (χ1n) is 10.6. The molecular weight excluding hydrogens is 453 g/mol. The molecule has 0 saturated heterocycles. The Kier molecular flexibility index (Phi) is 5.35. The van der Waals surface area contributed by atoms with E-state index in [1.165, 1.54) is 0 Å². The van der Waals surface area contributed by atoms with E-state index in [-0.39, 0.29) is 0 Å². The van der Waals surface area contributed by atoms with Crippen LogP contribution in [0.25, 0.3) is 5.69 Å². The van der Waals surface area contributed by atoms with Crippen molar-refractivity contribution in [2.24, 2.45) is 4.99 Å². The Morgan fingerprint density at radius 2 is 1.61 bits per heavy atom. The zero-order chi connectivity index (χ0) is 23.2. The van der Waals surface area contributed by atoms with Crippen molar-refractivity contribution in [2.45, 2.75) is 13.8 Å². The zero-order valence-corrected chi connectivity index (χ0v) is 20.2. The molecule has 1 N–H and O–H groups in total. The summed E-state index contributed by atoms with van der Waals surface area (Å²) in [6.45, 7) is 3.80. The second kappa shape index (κ2) is 8.22. The van der Waals surface area contributed by atoms with Gasteiger partial charge in [-0.15, -0.1) is 0 Å². The highest BCUT2D eigenvalue weighted by atomic mass is 35.5. The topological polar surface area (TPSA) is 62.5 Å². The number of halogens is 1. The number of anilines is 1. The number of rotatable bonds is 4.